The lowest BCUT2D eigenvalue weighted by molar-refractivity contribution is 0.370. The summed E-state index contributed by atoms with van der Waals surface area (Å²) in [6.07, 6.45) is 2.56. The third-order valence-electron chi connectivity index (χ3n) is 2.47. The van der Waals surface area contributed by atoms with E-state index in [0.717, 1.165) is 0 Å². The highest BCUT2D eigenvalue weighted by Gasteiger charge is 2.18. The van der Waals surface area contributed by atoms with E-state index in [1.54, 1.807) is 0 Å². The highest BCUT2D eigenvalue weighted by atomic mass is 32.2. The second-order valence-corrected chi connectivity index (χ2v) is 5.57. The van der Waals surface area contributed by atoms with Crippen LogP contribution >= 0.6 is 0 Å². The number of rotatable bonds is 6. The molecule has 2 N–H and O–H groups in total. The van der Waals surface area contributed by atoms with Gasteiger partial charge in [-0.3, -0.25) is 0 Å². The summed E-state index contributed by atoms with van der Waals surface area (Å²) in [5, 5.41) is 3.71. The fraction of sp³-hybridized carbons (Fsp3) is 0.500. The highest BCUT2D eigenvalue weighted by Crippen LogP contribution is 2.07. The Balaban J connectivity index is 2.05. The van der Waals surface area contributed by atoms with Crippen molar-refractivity contribution < 1.29 is 12.9 Å². The normalized spacial score (nSPS) is 11.9. The van der Waals surface area contributed by atoms with E-state index in [-0.39, 0.29) is 17.5 Å². The van der Waals surface area contributed by atoms with Crippen LogP contribution in [0.1, 0.15) is 31.4 Å². The molecule has 0 atom stereocenters. The van der Waals surface area contributed by atoms with E-state index in [1.807, 2.05) is 13.8 Å². The molecule has 0 spiro atoms. The molecule has 0 radical (unpaired) electrons. The first-order valence-electron chi connectivity index (χ1n) is 5.90. The maximum Gasteiger partial charge on any atom is 0.258 e. The summed E-state index contributed by atoms with van der Waals surface area (Å²) >= 11 is 0. The smallest absolute Gasteiger partial charge is 0.258 e. The zero-order valence-electron chi connectivity index (χ0n) is 10.7. The van der Waals surface area contributed by atoms with Crippen LogP contribution in [0, 0.1) is 0 Å². The molecule has 2 aromatic rings. The topological polar surface area (TPSA) is 114 Å². The van der Waals surface area contributed by atoms with Crippen LogP contribution in [0.2, 0.25) is 0 Å². The number of nitrogens with one attached hydrogen (secondary N) is 2. The number of nitrogens with zero attached hydrogens (tertiary/aromatic N) is 3. The standard InChI is InChI=1S/C10H15N5O3S/c1-3-7-11-6-10(14-7)19(16,17)12-5-9-13-8(4-2)15-18-9/h6,12H,3-5H2,1-2H3,(H,11,14). The second-order valence-electron chi connectivity index (χ2n) is 3.83. The van der Waals surface area contributed by atoms with E-state index in [1.165, 1.54) is 6.20 Å². The van der Waals surface area contributed by atoms with Gasteiger partial charge in [-0.2, -0.15) is 4.98 Å². The highest BCUT2D eigenvalue weighted by molar-refractivity contribution is 7.89. The van der Waals surface area contributed by atoms with E-state index in [0.29, 0.717) is 24.5 Å². The van der Waals surface area contributed by atoms with Gasteiger partial charge in [0.25, 0.3) is 10.0 Å². The Kier molecular flexibility index (Phi) is 3.96. The minimum Gasteiger partial charge on any atom is -0.338 e. The predicted octanol–water partition coefficient (Wildman–Crippen LogP) is 0.396. The summed E-state index contributed by atoms with van der Waals surface area (Å²) in [7, 11) is -3.64. The number of sulfonamides is 1. The van der Waals surface area contributed by atoms with E-state index in [9.17, 15) is 8.42 Å². The Morgan fingerprint density at radius 1 is 1.37 bits per heavy atom. The van der Waals surface area contributed by atoms with Crippen molar-refractivity contribution in [3.05, 3.63) is 23.7 Å². The maximum absolute atomic E-state index is 11.9. The lowest BCUT2D eigenvalue weighted by Gasteiger charge is -2.00. The molecule has 2 rings (SSSR count). The zero-order valence-corrected chi connectivity index (χ0v) is 11.5. The SMILES string of the molecule is CCc1noc(CNS(=O)(=O)c2cnc(CC)[nH]2)n1. The van der Waals surface area contributed by atoms with Gasteiger partial charge >= 0.3 is 0 Å². The summed E-state index contributed by atoms with van der Waals surface area (Å²) < 4.78 is 31.1. The molecule has 19 heavy (non-hydrogen) atoms. The third kappa shape index (κ3) is 3.18. The molecule has 0 saturated carbocycles. The molecule has 0 aliphatic heterocycles. The Morgan fingerprint density at radius 2 is 2.16 bits per heavy atom. The van der Waals surface area contributed by atoms with Crippen LogP contribution in [0.3, 0.4) is 0 Å². The molecule has 2 aromatic heterocycles. The lowest BCUT2D eigenvalue weighted by atomic mass is 10.5. The largest absolute Gasteiger partial charge is 0.338 e. The fourth-order valence-electron chi connectivity index (χ4n) is 1.40. The van der Waals surface area contributed by atoms with Crippen molar-refractivity contribution in [1.82, 2.24) is 24.8 Å². The summed E-state index contributed by atoms with van der Waals surface area (Å²) in [6, 6.07) is 0. The van der Waals surface area contributed by atoms with Crippen LogP contribution in [0.25, 0.3) is 0 Å². The van der Waals surface area contributed by atoms with Gasteiger partial charge in [0.2, 0.25) is 5.89 Å². The first-order chi connectivity index (χ1) is 9.05. The molecule has 0 aliphatic rings. The summed E-state index contributed by atoms with van der Waals surface area (Å²) in [4.78, 5) is 10.7. The van der Waals surface area contributed by atoms with Gasteiger partial charge in [0.15, 0.2) is 10.9 Å². The lowest BCUT2D eigenvalue weighted by Crippen LogP contribution is -2.23. The Labute approximate surface area is 110 Å². The van der Waals surface area contributed by atoms with Gasteiger partial charge in [0.1, 0.15) is 5.82 Å². The number of imidazole rings is 1. The number of hydrogen-bond acceptors (Lipinski definition) is 6. The predicted molar refractivity (Wildman–Crippen MR) is 65.7 cm³/mol. The van der Waals surface area contributed by atoms with E-state index >= 15 is 0 Å². The second kappa shape index (κ2) is 5.49. The molecular formula is C10H15N5O3S. The number of H-pyrrole nitrogens is 1. The Bertz CT molecular complexity index is 646. The molecule has 0 amide bonds. The molecule has 9 heteroatoms. The van der Waals surface area contributed by atoms with Crippen molar-refractivity contribution in [3.63, 3.8) is 0 Å². The monoisotopic (exact) mass is 285 g/mol. The zero-order chi connectivity index (χ0) is 13.9. The third-order valence-corrected chi connectivity index (χ3v) is 3.78. The molecule has 0 aliphatic carbocycles. The van der Waals surface area contributed by atoms with Crippen molar-refractivity contribution in [2.45, 2.75) is 38.3 Å². The van der Waals surface area contributed by atoms with E-state index in [4.69, 9.17) is 4.52 Å². The summed E-state index contributed by atoms with van der Waals surface area (Å²) in [5.74, 6) is 1.39. The molecule has 104 valence electrons. The van der Waals surface area contributed by atoms with E-state index in [2.05, 4.69) is 24.8 Å². The molecule has 0 saturated heterocycles. The van der Waals surface area contributed by atoms with Crippen LogP contribution < -0.4 is 4.72 Å². The number of aromatic amines is 1. The van der Waals surface area contributed by atoms with Gasteiger partial charge in [-0.1, -0.05) is 19.0 Å². The quantitative estimate of drug-likeness (QED) is 0.794. The number of hydrogen-bond donors (Lipinski definition) is 2. The molecule has 2 heterocycles. The van der Waals surface area contributed by atoms with Gasteiger partial charge in [-0.05, 0) is 0 Å². The molecular weight excluding hydrogens is 270 g/mol. The van der Waals surface area contributed by atoms with Crippen LogP contribution in [0.4, 0.5) is 0 Å². The molecule has 0 unspecified atom stereocenters. The van der Waals surface area contributed by atoms with Crippen LogP contribution in [-0.4, -0.2) is 28.5 Å². The van der Waals surface area contributed by atoms with Crippen molar-refractivity contribution in [3.8, 4) is 0 Å². The summed E-state index contributed by atoms with van der Waals surface area (Å²) in [5.41, 5.74) is 0. The van der Waals surface area contributed by atoms with Gasteiger partial charge in [-0.25, -0.2) is 18.1 Å². The molecule has 0 fully saturated rings. The number of aryl methyl sites for hydroxylation is 2. The van der Waals surface area contributed by atoms with Gasteiger partial charge in [0.05, 0.1) is 12.7 Å². The molecule has 0 bridgehead atoms. The maximum atomic E-state index is 11.9. The van der Waals surface area contributed by atoms with Gasteiger partial charge in [-0.15, -0.1) is 0 Å². The molecule has 8 nitrogen and oxygen atoms in total. The van der Waals surface area contributed by atoms with Crippen molar-refractivity contribution in [2.24, 2.45) is 0 Å². The fourth-order valence-corrected chi connectivity index (χ4v) is 2.31. The van der Waals surface area contributed by atoms with Crippen LogP contribution in [0.15, 0.2) is 15.7 Å². The Morgan fingerprint density at radius 3 is 2.74 bits per heavy atom. The Hall–Kier alpha value is -1.74. The van der Waals surface area contributed by atoms with E-state index < -0.39 is 10.0 Å². The van der Waals surface area contributed by atoms with Gasteiger partial charge in [0, 0.05) is 12.8 Å². The average molecular weight is 285 g/mol. The molecule has 0 aromatic carbocycles. The van der Waals surface area contributed by atoms with Crippen LogP contribution in [-0.2, 0) is 29.4 Å². The van der Waals surface area contributed by atoms with Crippen molar-refractivity contribution >= 4 is 10.0 Å². The average Bonchev–Trinajstić information content (AvgIpc) is 3.05. The minimum absolute atomic E-state index is 0.0274. The minimum atomic E-state index is -3.64. The van der Waals surface area contributed by atoms with Crippen molar-refractivity contribution in [1.29, 1.82) is 0 Å². The first-order valence-corrected chi connectivity index (χ1v) is 7.38. The van der Waals surface area contributed by atoms with Gasteiger partial charge < -0.3 is 9.51 Å². The van der Waals surface area contributed by atoms with Crippen molar-refractivity contribution in [2.75, 3.05) is 0 Å². The first kappa shape index (κ1) is 13.7. The number of aromatic nitrogens is 4. The summed E-state index contributed by atoms with van der Waals surface area (Å²) in [6.45, 7) is 3.72. The van der Waals surface area contributed by atoms with Crippen LogP contribution in [0.5, 0.6) is 0 Å².